The van der Waals surface area contributed by atoms with Crippen LogP contribution in [0.1, 0.15) is 60.3 Å². The summed E-state index contributed by atoms with van der Waals surface area (Å²) in [6, 6.07) is 13.0. The number of rotatable bonds is 5. The molecule has 1 aliphatic heterocycles. The molecular weight excluding hydrogens is 507 g/mol. The number of hydrogen-bond donors (Lipinski definition) is 1. The lowest BCUT2D eigenvalue weighted by molar-refractivity contribution is -0.137. The van der Waals surface area contributed by atoms with E-state index in [0.29, 0.717) is 43.3 Å². The second-order valence-electron chi connectivity index (χ2n) is 10.5. The number of piperazine rings is 1. The number of nitrogens with zero attached hydrogens (tertiary/aromatic N) is 6. The van der Waals surface area contributed by atoms with Crippen molar-refractivity contribution in [3.8, 4) is 0 Å². The molecule has 1 aliphatic carbocycles. The first-order valence-corrected chi connectivity index (χ1v) is 13.4. The molecule has 0 unspecified atom stereocenters. The summed E-state index contributed by atoms with van der Waals surface area (Å²) in [6.07, 6.45) is -0.195. The third-order valence-corrected chi connectivity index (χ3v) is 7.98. The summed E-state index contributed by atoms with van der Waals surface area (Å²) in [4.78, 5) is 20.7. The highest BCUT2D eigenvalue weighted by molar-refractivity contribution is 5.79. The maximum Gasteiger partial charge on any atom is 0.416 e. The fraction of sp³-hybridized carbons (Fsp3) is 0.429. The van der Waals surface area contributed by atoms with E-state index in [1.54, 1.807) is 6.07 Å². The third kappa shape index (κ3) is 5.03. The highest BCUT2D eigenvalue weighted by Gasteiger charge is 2.35. The molecule has 6 rings (SSSR count). The normalized spacial score (nSPS) is 18.2. The molecule has 0 spiro atoms. The number of benzene rings is 2. The lowest BCUT2D eigenvalue weighted by atomic mass is 10.0. The van der Waals surface area contributed by atoms with Crippen LogP contribution in [0.15, 0.2) is 53.3 Å². The lowest BCUT2D eigenvalue weighted by Crippen LogP contribution is -2.49. The summed E-state index contributed by atoms with van der Waals surface area (Å²) in [5.74, 6) is 0.631. The summed E-state index contributed by atoms with van der Waals surface area (Å²) in [5, 5.41) is 13.7. The van der Waals surface area contributed by atoms with Gasteiger partial charge in [-0.3, -0.25) is 9.69 Å². The molecule has 39 heavy (non-hydrogen) atoms. The van der Waals surface area contributed by atoms with E-state index in [-0.39, 0.29) is 11.6 Å². The molecule has 8 nitrogen and oxygen atoms in total. The molecule has 2 aromatic heterocycles. The van der Waals surface area contributed by atoms with Gasteiger partial charge < -0.3 is 9.88 Å². The smallest absolute Gasteiger partial charge is 0.369 e. The van der Waals surface area contributed by atoms with E-state index < -0.39 is 17.8 Å². The van der Waals surface area contributed by atoms with Crippen molar-refractivity contribution >= 4 is 16.6 Å². The van der Waals surface area contributed by atoms with Gasteiger partial charge in [0.25, 0.3) is 5.56 Å². The van der Waals surface area contributed by atoms with Gasteiger partial charge >= 0.3 is 6.18 Å². The number of aromatic nitrogens is 5. The fourth-order valence-electron chi connectivity index (χ4n) is 5.94. The summed E-state index contributed by atoms with van der Waals surface area (Å²) in [7, 11) is 0. The van der Waals surface area contributed by atoms with E-state index in [4.69, 9.17) is 0 Å². The molecule has 0 amide bonds. The van der Waals surface area contributed by atoms with Crippen LogP contribution in [0.4, 0.5) is 18.9 Å². The van der Waals surface area contributed by atoms with Crippen molar-refractivity contribution in [3.05, 3.63) is 81.4 Å². The number of halogens is 3. The van der Waals surface area contributed by atoms with Crippen molar-refractivity contribution in [1.82, 2.24) is 30.1 Å². The van der Waals surface area contributed by atoms with E-state index in [9.17, 15) is 18.0 Å². The Hall–Kier alpha value is -3.73. The SMILES string of the molecule is Cc1ccc2cc([C@@H](c3nnnn3C3CCCC3)N3CCN(c4cccc(C(F)(F)F)c4)CC3)c(=O)[nH]c2c1. The number of aryl methyl sites for hydroxylation is 1. The molecule has 0 radical (unpaired) electrons. The molecular formula is C28H30F3N7O. The number of pyridine rings is 1. The minimum absolute atomic E-state index is 0.186. The summed E-state index contributed by atoms with van der Waals surface area (Å²) < 4.78 is 41.8. The number of anilines is 1. The van der Waals surface area contributed by atoms with Crippen LogP contribution < -0.4 is 10.5 Å². The Morgan fingerprint density at radius 3 is 2.51 bits per heavy atom. The topological polar surface area (TPSA) is 82.9 Å². The van der Waals surface area contributed by atoms with E-state index in [1.807, 2.05) is 40.8 Å². The fourth-order valence-corrected chi connectivity index (χ4v) is 5.94. The molecule has 2 aliphatic rings. The Bertz CT molecular complexity index is 1530. The first-order chi connectivity index (χ1) is 18.8. The van der Waals surface area contributed by atoms with E-state index >= 15 is 0 Å². The van der Waals surface area contributed by atoms with Gasteiger partial charge in [-0.25, -0.2) is 4.68 Å². The number of aromatic amines is 1. The highest BCUT2D eigenvalue weighted by atomic mass is 19.4. The molecule has 3 heterocycles. The van der Waals surface area contributed by atoms with Crippen LogP contribution in [0.2, 0.25) is 0 Å². The van der Waals surface area contributed by atoms with Crippen molar-refractivity contribution in [2.24, 2.45) is 0 Å². The van der Waals surface area contributed by atoms with Crippen LogP contribution in [0, 0.1) is 6.92 Å². The Labute approximate surface area is 223 Å². The number of H-pyrrole nitrogens is 1. The van der Waals surface area contributed by atoms with Crippen LogP contribution in [-0.4, -0.2) is 56.3 Å². The van der Waals surface area contributed by atoms with Gasteiger partial charge in [-0.15, -0.1) is 5.10 Å². The van der Waals surface area contributed by atoms with E-state index in [2.05, 4.69) is 25.4 Å². The molecule has 0 bridgehead atoms. The Morgan fingerprint density at radius 2 is 1.77 bits per heavy atom. The van der Waals surface area contributed by atoms with Crippen molar-refractivity contribution in [2.75, 3.05) is 31.1 Å². The van der Waals surface area contributed by atoms with Gasteiger partial charge in [0, 0.05) is 42.9 Å². The largest absolute Gasteiger partial charge is 0.416 e. The minimum Gasteiger partial charge on any atom is -0.369 e. The maximum atomic E-state index is 13.5. The van der Waals surface area contributed by atoms with Gasteiger partial charge in [0.05, 0.1) is 11.6 Å². The summed E-state index contributed by atoms with van der Waals surface area (Å²) >= 11 is 0. The predicted octanol–water partition coefficient (Wildman–Crippen LogP) is 4.87. The quantitative estimate of drug-likeness (QED) is 0.391. The number of alkyl halides is 3. The van der Waals surface area contributed by atoms with Crippen LogP contribution >= 0.6 is 0 Å². The number of fused-ring (bicyclic) bond motifs is 1. The molecule has 1 saturated carbocycles. The Kier molecular flexibility index (Phi) is 6.62. The summed E-state index contributed by atoms with van der Waals surface area (Å²) in [6.45, 7) is 4.06. The van der Waals surface area contributed by atoms with Gasteiger partial charge in [-0.05, 0) is 71.5 Å². The maximum absolute atomic E-state index is 13.5. The zero-order valence-corrected chi connectivity index (χ0v) is 21.7. The monoisotopic (exact) mass is 537 g/mol. The van der Waals surface area contributed by atoms with Crippen LogP contribution in [0.25, 0.3) is 10.9 Å². The molecule has 2 fully saturated rings. The Balaban J connectivity index is 1.35. The van der Waals surface area contributed by atoms with Crippen LogP contribution in [0.5, 0.6) is 0 Å². The zero-order chi connectivity index (χ0) is 27.1. The van der Waals surface area contributed by atoms with Crippen LogP contribution in [-0.2, 0) is 6.18 Å². The third-order valence-electron chi connectivity index (χ3n) is 7.98. The summed E-state index contributed by atoms with van der Waals surface area (Å²) in [5.41, 5.74) is 2.07. The molecule has 1 atom stereocenters. The molecule has 11 heteroatoms. The first kappa shape index (κ1) is 25.5. The van der Waals surface area contributed by atoms with Gasteiger partial charge in [0.15, 0.2) is 5.82 Å². The van der Waals surface area contributed by atoms with Crippen molar-refractivity contribution in [3.63, 3.8) is 0 Å². The van der Waals surface area contributed by atoms with Gasteiger partial charge in [0.2, 0.25) is 0 Å². The van der Waals surface area contributed by atoms with E-state index in [1.165, 1.54) is 12.1 Å². The molecule has 204 valence electrons. The van der Waals surface area contributed by atoms with Crippen molar-refractivity contribution in [2.45, 2.75) is 50.9 Å². The van der Waals surface area contributed by atoms with Crippen molar-refractivity contribution in [1.29, 1.82) is 0 Å². The highest BCUT2D eigenvalue weighted by Crippen LogP contribution is 2.35. The second-order valence-corrected chi connectivity index (χ2v) is 10.5. The lowest BCUT2D eigenvalue weighted by Gasteiger charge is -2.40. The Morgan fingerprint density at radius 1 is 1.00 bits per heavy atom. The zero-order valence-electron chi connectivity index (χ0n) is 21.7. The average molecular weight is 538 g/mol. The average Bonchev–Trinajstić information content (AvgIpc) is 3.62. The molecule has 1 saturated heterocycles. The molecule has 2 aromatic carbocycles. The van der Waals surface area contributed by atoms with Crippen molar-refractivity contribution < 1.29 is 13.2 Å². The molecule has 1 N–H and O–H groups in total. The van der Waals surface area contributed by atoms with Gasteiger partial charge in [0.1, 0.15) is 6.04 Å². The van der Waals surface area contributed by atoms with Crippen LogP contribution in [0.3, 0.4) is 0 Å². The molecule has 4 aromatic rings. The predicted molar refractivity (Wildman–Crippen MR) is 142 cm³/mol. The number of nitrogens with one attached hydrogen (secondary N) is 1. The minimum atomic E-state index is -4.39. The first-order valence-electron chi connectivity index (χ1n) is 13.4. The van der Waals surface area contributed by atoms with Gasteiger partial charge in [-0.1, -0.05) is 31.0 Å². The number of hydrogen-bond acceptors (Lipinski definition) is 6. The standard InChI is InChI=1S/C28H30F3N7O/c1-18-9-10-19-16-23(27(39)32-24(19)15-18)25(26-33-34-35-38(26)21-6-2-3-7-21)37-13-11-36(12-14-37)22-8-4-5-20(17-22)28(29,30)31/h4-5,8-10,15-17,21,25H,2-3,6-7,11-14H2,1H3,(H,32,39)/t25-/m0/s1. The van der Waals surface area contributed by atoms with E-state index in [0.717, 1.165) is 48.2 Å². The second kappa shape index (κ2) is 10.1. The number of tetrazole rings is 1. The van der Waals surface area contributed by atoms with Gasteiger partial charge in [-0.2, -0.15) is 13.2 Å².